The van der Waals surface area contributed by atoms with Gasteiger partial charge in [-0.3, -0.25) is 4.79 Å². The van der Waals surface area contributed by atoms with E-state index >= 15 is 0 Å². The zero-order chi connectivity index (χ0) is 28.7. The minimum absolute atomic E-state index is 0. The topological polar surface area (TPSA) is 108 Å². The molecule has 1 N–H and O–H groups in total. The maximum absolute atomic E-state index is 12.5. The van der Waals surface area contributed by atoms with Crippen LogP contribution in [0.4, 0.5) is 4.79 Å². The fourth-order valence-electron chi connectivity index (χ4n) is 4.28. The summed E-state index contributed by atoms with van der Waals surface area (Å²) in [6.07, 6.45) is 0.521. The van der Waals surface area contributed by atoms with E-state index in [9.17, 15) is 13.2 Å². The third-order valence-electron chi connectivity index (χ3n) is 6.36. The Morgan fingerprint density at radius 3 is 2.27 bits per heavy atom. The predicted molar refractivity (Wildman–Crippen MR) is 157 cm³/mol. The summed E-state index contributed by atoms with van der Waals surface area (Å²) in [4.78, 5) is 14.1. The number of likely N-dealkylation sites (N-methyl/N-ethyl adjacent to an activating group) is 1. The molecule has 3 aromatic carbocycles. The standard InChI is InChI=1S/C30H35N5O4S.Na/c1-22-29(25-8-6-5-7-9-25)23(2)35(32-22)26-12-10-24(11-13-26)18-19-31-30(36)33-40(37,38)28-16-14-27(15-17-28)39-21-20-34(3)4;/h5-17H,18-21H2,1-4H3,(H2,31,33,36);/q;+1/p-1. The molecule has 1 aromatic heterocycles. The Hall–Kier alpha value is -3.15. The molecule has 4 aromatic rings. The van der Waals surface area contributed by atoms with Crippen LogP contribution in [-0.4, -0.2) is 62.9 Å². The molecule has 0 aliphatic heterocycles. The number of amides is 2. The van der Waals surface area contributed by atoms with Crippen LogP contribution in [0.1, 0.15) is 17.0 Å². The molecule has 0 saturated carbocycles. The van der Waals surface area contributed by atoms with Gasteiger partial charge in [0.2, 0.25) is 10.0 Å². The van der Waals surface area contributed by atoms with Gasteiger partial charge in [-0.05, 0) is 88.4 Å². The molecule has 0 unspecified atom stereocenters. The SMILES string of the molecule is Cc1nn(-c2ccc(CCNC(=O)[N-]S(=O)(=O)c3ccc(OCCN(C)C)cc3)cc2)c(C)c1-c1ccccc1.[Na+]. The molecule has 11 heteroatoms. The van der Waals surface area contributed by atoms with Crippen molar-refractivity contribution in [2.45, 2.75) is 25.2 Å². The first-order valence-corrected chi connectivity index (χ1v) is 14.4. The van der Waals surface area contributed by atoms with Gasteiger partial charge in [0.1, 0.15) is 12.4 Å². The van der Waals surface area contributed by atoms with Crippen molar-refractivity contribution in [1.82, 2.24) is 20.0 Å². The van der Waals surface area contributed by atoms with Crippen LogP contribution in [0.25, 0.3) is 21.5 Å². The maximum Gasteiger partial charge on any atom is 1.00 e. The Morgan fingerprint density at radius 2 is 1.63 bits per heavy atom. The third kappa shape index (κ3) is 8.67. The molecule has 0 spiro atoms. The number of carbonyl (C=O) groups excluding carboxylic acids is 1. The van der Waals surface area contributed by atoms with Crippen LogP contribution in [0.15, 0.2) is 83.8 Å². The van der Waals surface area contributed by atoms with Crippen LogP contribution in [0, 0.1) is 13.8 Å². The van der Waals surface area contributed by atoms with Gasteiger partial charge in [-0.1, -0.05) is 42.5 Å². The first-order valence-electron chi connectivity index (χ1n) is 13.0. The van der Waals surface area contributed by atoms with E-state index in [0.717, 1.165) is 40.3 Å². The van der Waals surface area contributed by atoms with Crippen molar-refractivity contribution in [1.29, 1.82) is 0 Å². The quantitative estimate of drug-likeness (QED) is 0.271. The van der Waals surface area contributed by atoms with Gasteiger partial charge in [-0.2, -0.15) is 5.10 Å². The van der Waals surface area contributed by atoms with Crippen molar-refractivity contribution in [2.75, 3.05) is 33.8 Å². The number of rotatable bonds is 11. The number of nitrogens with zero attached hydrogens (tertiary/aromatic N) is 4. The first-order chi connectivity index (χ1) is 19.1. The zero-order valence-electron chi connectivity index (χ0n) is 24.2. The van der Waals surface area contributed by atoms with Crippen molar-refractivity contribution in [3.8, 4) is 22.6 Å². The first kappa shape index (κ1) is 32.4. The van der Waals surface area contributed by atoms with Crippen LogP contribution in [-0.2, 0) is 16.4 Å². The second-order valence-corrected chi connectivity index (χ2v) is 11.3. The average Bonchev–Trinajstić information content (AvgIpc) is 3.23. The average molecular weight is 584 g/mol. The van der Waals surface area contributed by atoms with Gasteiger partial charge in [0.25, 0.3) is 0 Å². The van der Waals surface area contributed by atoms with Gasteiger partial charge in [-0.15, -0.1) is 0 Å². The van der Waals surface area contributed by atoms with E-state index in [1.165, 1.54) is 12.1 Å². The van der Waals surface area contributed by atoms with E-state index in [4.69, 9.17) is 9.84 Å². The van der Waals surface area contributed by atoms with E-state index in [0.29, 0.717) is 18.8 Å². The van der Waals surface area contributed by atoms with Crippen LogP contribution >= 0.6 is 0 Å². The van der Waals surface area contributed by atoms with Gasteiger partial charge < -0.3 is 19.7 Å². The molecule has 41 heavy (non-hydrogen) atoms. The van der Waals surface area contributed by atoms with Gasteiger partial charge >= 0.3 is 29.6 Å². The second kappa shape index (κ2) is 14.7. The largest absolute Gasteiger partial charge is 1.00 e. The van der Waals surface area contributed by atoms with Crippen LogP contribution in [0.2, 0.25) is 0 Å². The molecule has 0 saturated heterocycles. The molecule has 2 amide bonds. The summed E-state index contributed by atoms with van der Waals surface area (Å²) in [6, 6.07) is 23.0. The van der Waals surface area contributed by atoms with Crippen molar-refractivity contribution < 1.29 is 47.5 Å². The molecule has 0 aliphatic carbocycles. The Balaban J connectivity index is 0.00000462. The molecule has 0 radical (unpaired) electrons. The summed E-state index contributed by atoms with van der Waals surface area (Å²) in [5, 5.41) is 7.30. The second-order valence-electron chi connectivity index (χ2n) is 9.66. The summed E-state index contributed by atoms with van der Waals surface area (Å²) >= 11 is 0. The van der Waals surface area contributed by atoms with Crippen molar-refractivity contribution >= 4 is 16.1 Å². The number of aromatic nitrogens is 2. The van der Waals surface area contributed by atoms with Crippen molar-refractivity contribution in [3.05, 3.63) is 101 Å². The van der Waals surface area contributed by atoms with Gasteiger partial charge in [0.15, 0.2) is 6.03 Å². The molecule has 0 fully saturated rings. The fourth-order valence-corrected chi connectivity index (χ4v) is 5.15. The predicted octanol–water partition coefficient (Wildman–Crippen LogP) is 2.12. The number of nitrogens with one attached hydrogen (secondary N) is 1. The number of aryl methyl sites for hydroxylation is 1. The Kier molecular flexibility index (Phi) is 11.6. The number of sulfonamides is 1. The zero-order valence-corrected chi connectivity index (χ0v) is 27.0. The number of urea groups is 1. The Morgan fingerprint density at radius 1 is 0.976 bits per heavy atom. The van der Waals surface area contributed by atoms with Crippen LogP contribution in [0.3, 0.4) is 0 Å². The summed E-state index contributed by atoms with van der Waals surface area (Å²) in [6.45, 7) is 5.52. The molecule has 9 nitrogen and oxygen atoms in total. The number of hydrogen-bond donors (Lipinski definition) is 1. The molecular weight excluding hydrogens is 549 g/mol. The van der Waals surface area contributed by atoms with E-state index in [2.05, 4.69) is 29.1 Å². The molecule has 4 rings (SSSR count). The monoisotopic (exact) mass is 583 g/mol. The molecule has 0 bridgehead atoms. The molecule has 210 valence electrons. The summed E-state index contributed by atoms with van der Waals surface area (Å²) < 4.78 is 35.9. The number of carbonyl (C=O) groups is 1. The van der Waals surface area contributed by atoms with Crippen molar-refractivity contribution in [2.24, 2.45) is 0 Å². The Labute approximate surface area is 264 Å². The minimum atomic E-state index is -4.13. The maximum atomic E-state index is 12.5. The fraction of sp³-hybridized carbons (Fsp3) is 0.267. The van der Waals surface area contributed by atoms with E-state index in [-0.39, 0.29) is 41.0 Å². The summed E-state index contributed by atoms with van der Waals surface area (Å²) in [7, 11) is -0.253. The molecule has 1 heterocycles. The van der Waals surface area contributed by atoms with Gasteiger partial charge in [0.05, 0.1) is 16.3 Å². The van der Waals surface area contributed by atoms with Gasteiger partial charge in [-0.25, -0.2) is 13.1 Å². The van der Waals surface area contributed by atoms with E-state index in [1.54, 1.807) is 12.1 Å². The minimum Gasteiger partial charge on any atom is -0.492 e. The van der Waals surface area contributed by atoms with E-state index < -0.39 is 16.1 Å². The molecule has 0 aliphatic rings. The molecule has 0 atom stereocenters. The summed E-state index contributed by atoms with van der Waals surface area (Å²) in [5.41, 5.74) is 6.18. The van der Waals surface area contributed by atoms with Crippen LogP contribution in [0.5, 0.6) is 5.75 Å². The van der Waals surface area contributed by atoms with Crippen molar-refractivity contribution in [3.63, 3.8) is 0 Å². The number of benzene rings is 3. The van der Waals surface area contributed by atoms with Crippen LogP contribution < -0.4 is 39.6 Å². The molecular formula is C30H34N5NaO4S. The normalized spacial score (nSPS) is 11.1. The Bertz CT molecular complexity index is 1540. The third-order valence-corrected chi connectivity index (χ3v) is 7.63. The number of ether oxygens (including phenoxy) is 1. The van der Waals surface area contributed by atoms with Gasteiger partial charge in [0, 0.05) is 17.8 Å². The smallest absolute Gasteiger partial charge is 0.492 e. The number of hydrogen-bond acceptors (Lipinski definition) is 6. The van der Waals surface area contributed by atoms with E-state index in [1.807, 2.05) is 73.1 Å². The summed E-state index contributed by atoms with van der Waals surface area (Å²) in [5.74, 6) is 0.547.